The van der Waals surface area contributed by atoms with Crippen molar-refractivity contribution in [2.45, 2.75) is 34.6 Å². The summed E-state index contributed by atoms with van der Waals surface area (Å²) in [4.78, 5) is 0. The molecule has 2 rings (SSSR count). The number of rotatable bonds is 2. The standard InChI is InChI=1S/C15H24/c1-9(2)11-7-8-12(10(3)4)14-13(11)15(14,5)6/h7-8,10-14H,1H2,2-6H3. The van der Waals surface area contributed by atoms with Crippen LogP contribution >= 0.6 is 0 Å². The van der Waals surface area contributed by atoms with Gasteiger partial charge in [-0.3, -0.25) is 0 Å². The quantitative estimate of drug-likeness (QED) is 0.588. The Kier molecular flexibility index (Phi) is 2.37. The molecule has 0 aliphatic heterocycles. The lowest BCUT2D eigenvalue weighted by Gasteiger charge is -2.24. The summed E-state index contributed by atoms with van der Waals surface area (Å²) in [7, 11) is 0. The summed E-state index contributed by atoms with van der Waals surface area (Å²) in [6, 6.07) is 0. The van der Waals surface area contributed by atoms with Gasteiger partial charge in [0.15, 0.2) is 0 Å². The van der Waals surface area contributed by atoms with E-state index in [9.17, 15) is 0 Å². The van der Waals surface area contributed by atoms with Crippen molar-refractivity contribution in [3.8, 4) is 0 Å². The normalized spacial score (nSPS) is 41.5. The van der Waals surface area contributed by atoms with Gasteiger partial charge in [0.1, 0.15) is 0 Å². The second kappa shape index (κ2) is 3.23. The van der Waals surface area contributed by atoms with E-state index >= 15 is 0 Å². The van der Waals surface area contributed by atoms with Crippen LogP contribution in [0.25, 0.3) is 0 Å². The fourth-order valence-corrected chi connectivity index (χ4v) is 3.73. The van der Waals surface area contributed by atoms with Crippen LogP contribution in [0.3, 0.4) is 0 Å². The molecule has 0 aromatic carbocycles. The summed E-state index contributed by atoms with van der Waals surface area (Å²) >= 11 is 0. The zero-order valence-corrected chi connectivity index (χ0v) is 10.7. The molecular weight excluding hydrogens is 180 g/mol. The van der Waals surface area contributed by atoms with Gasteiger partial charge in [0, 0.05) is 5.92 Å². The van der Waals surface area contributed by atoms with Gasteiger partial charge in [0.05, 0.1) is 0 Å². The van der Waals surface area contributed by atoms with E-state index in [0.717, 1.165) is 23.7 Å². The van der Waals surface area contributed by atoms with Gasteiger partial charge in [-0.15, -0.1) is 0 Å². The van der Waals surface area contributed by atoms with Crippen molar-refractivity contribution in [1.82, 2.24) is 0 Å². The van der Waals surface area contributed by atoms with E-state index in [1.165, 1.54) is 5.57 Å². The molecule has 4 atom stereocenters. The zero-order valence-electron chi connectivity index (χ0n) is 10.7. The molecule has 0 aromatic heterocycles. The smallest absolute Gasteiger partial charge is 0.000793 e. The van der Waals surface area contributed by atoms with Crippen molar-refractivity contribution >= 4 is 0 Å². The van der Waals surface area contributed by atoms with Crippen molar-refractivity contribution in [3.63, 3.8) is 0 Å². The van der Waals surface area contributed by atoms with E-state index in [2.05, 4.69) is 53.3 Å². The maximum Gasteiger partial charge on any atom is 0.000793 e. The molecule has 1 saturated carbocycles. The summed E-state index contributed by atoms with van der Waals surface area (Å²) < 4.78 is 0. The van der Waals surface area contributed by atoms with Gasteiger partial charge in [0.25, 0.3) is 0 Å². The highest BCUT2D eigenvalue weighted by molar-refractivity contribution is 5.27. The van der Waals surface area contributed by atoms with E-state index in [0.29, 0.717) is 11.3 Å². The van der Waals surface area contributed by atoms with Crippen LogP contribution in [0, 0.1) is 35.0 Å². The summed E-state index contributed by atoms with van der Waals surface area (Å²) in [5.41, 5.74) is 1.87. The summed E-state index contributed by atoms with van der Waals surface area (Å²) in [6.45, 7) is 15.9. The molecule has 0 heteroatoms. The summed E-state index contributed by atoms with van der Waals surface area (Å²) in [6.07, 6.45) is 4.88. The van der Waals surface area contributed by atoms with Crippen LogP contribution in [0.4, 0.5) is 0 Å². The predicted octanol–water partition coefficient (Wildman–Crippen LogP) is 4.29. The third-order valence-corrected chi connectivity index (χ3v) is 4.68. The number of hydrogen-bond acceptors (Lipinski definition) is 0. The molecule has 0 heterocycles. The minimum atomic E-state index is 0.530. The van der Waals surface area contributed by atoms with E-state index in [-0.39, 0.29) is 0 Å². The van der Waals surface area contributed by atoms with E-state index in [1.54, 1.807) is 0 Å². The van der Waals surface area contributed by atoms with Crippen molar-refractivity contribution in [1.29, 1.82) is 0 Å². The van der Waals surface area contributed by atoms with Gasteiger partial charge in [-0.2, -0.15) is 0 Å². The molecule has 15 heavy (non-hydrogen) atoms. The largest absolute Gasteiger partial charge is 0.0995 e. The van der Waals surface area contributed by atoms with Crippen LogP contribution in [0.1, 0.15) is 34.6 Å². The Morgan fingerprint density at radius 2 is 1.80 bits per heavy atom. The van der Waals surface area contributed by atoms with Crippen LogP contribution in [0.5, 0.6) is 0 Å². The highest BCUT2D eigenvalue weighted by Crippen LogP contribution is 2.69. The van der Waals surface area contributed by atoms with Crippen molar-refractivity contribution < 1.29 is 0 Å². The molecule has 0 spiro atoms. The Balaban J connectivity index is 2.27. The molecule has 2 aliphatic carbocycles. The van der Waals surface area contributed by atoms with Crippen molar-refractivity contribution in [2.75, 3.05) is 0 Å². The molecule has 0 saturated heterocycles. The first-order valence-electron chi connectivity index (χ1n) is 6.21. The number of allylic oxidation sites excluding steroid dienone is 3. The molecule has 2 aliphatic rings. The first-order chi connectivity index (χ1) is 6.87. The first-order valence-corrected chi connectivity index (χ1v) is 6.21. The van der Waals surface area contributed by atoms with Gasteiger partial charge in [-0.25, -0.2) is 0 Å². The zero-order chi connectivity index (χ0) is 11.4. The molecule has 0 radical (unpaired) electrons. The van der Waals surface area contributed by atoms with E-state index in [4.69, 9.17) is 0 Å². The van der Waals surface area contributed by atoms with Gasteiger partial charge in [0.2, 0.25) is 0 Å². The third kappa shape index (κ3) is 1.49. The molecule has 4 unspecified atom stereocenters. The SMILES string of the molecule is C=C(C)C1C=CC(C(C)C)C2C1C2(C)C. The van der Waals surface area contributed by atoms with Crippen molar-refractivity contribution in [2.24, 2.45) is 35.0 Å². The number of fused-ring (bicyclic) bond motifs is 1. The van der Waals surface area contributed by atoms with Crippen LogP contribution in [-0.4, -0.2) is 0 Å². The average molecular weight is 204 g/mol. The monoisotopic (exact) mass is 204 g/mol. The Bertz CT molecular complexity index is 306. The minimum absolute atomic E-state index is 0.530. The first kappa shape index (κ1) is 11.0. The predicted molar refractivity (Wildman–Crippen MR) is 66.5 cm³/mol. The lowest BCUT2D eigenvalue weighted by molar-refractivity contribution is 0.351. The topological polar surface area (TPSA) is 0 Å². The molecule has 0 nitrogen and oxygen atoms in total. The molecule has 0 N–H and O–H groups in total. The maximum atomic E-state index is 4.14. The van der Waals surface area contributed by atoms with Crippen LogP contribution in [-0.2, 0) is 0 Å². The van der Waals surface area contributed by atoms with Crippen LogP contribution in [0.2, 0.25) is 0 Å². The fourth-order valence-electron chi connectivity index (χ4n) is 3.73. The number of hydrogen-bond donors (Lipinski definition) is 0. The summed E-state index contributed by atoms with van der Waals surface area (Å²) in [5, 5.41) is 0. The summed E-state index contributed by atoms with van der Waals surface area (Å²) in [5.74, 6) is 3.96. The van der Waals surface area contributed by atoms with Crippen molar-refractivity contribution in [3.05, 3.63) is 24.3 Å². The van der Waals surface area contributed by atoms with Crippen LogP contribution < -0.4 is 0 Å². The van der Waals surface area contributed by atoms with E-state index < -0.39 is 0 Å². The van der Waals surface area contributed by atoms with Gasteiger partial charge >= 0.3 is 0 Å². The molecular formula is C15H24. The third-order valence-electron chi connectivity index (χ3n) is 4.68. The highest BCUT2D eigenvalue weighted by Gasteiger charge is 2.64. The maximum absolute atomic E-state index is 4.14. The lowest BCUT2D eigenvalue weighted by Crippen LogP contribution is -2.17. The van der Waals surface area contributed by atoms with Gasteiger partial charge in [-0.05, 0) is 36.0 Å². The average Bonchev–Trinajstić information content (AvgIpc) is 2.69. The molecule has 0 bridgehead atoms. The molecule has 0 aromatic rings. The fraction of sp³-hybridized carbons (Fsp3) is 0.733. The lowest BCUT2D eigenvalue weighted by atomic mass is 9.80. The molecule has 0 amide bonds. The Morgan fingerprint density at radius 1 is 1.20 bits per heavy atom. The van der Waals surface area contributed by atoms with Gasteiger partial charge < -0.3 is 0 Å². The second-order valence-electron chi connectivity index (χ2n) is 6.45. The van der Waals surface area contributed by atoms with Crippen LogP contribution in [0.15, 0.2) is 24.3 Å². The Labute approximate surface area is 94.5 Å². The molecule has 1 fully saturated rings. The Hall–Kier alpha value is -0.520. The second-order valence-corrected chi connectivity index (χ2v) is 6.45. The highest BCUT2D eigenvalue weighted by atomic mass is 14.7. The van der Waals surface area contributed by atoms with E-state index in [1.807, 2.05) is 0 Å². The van der Waals surface area contributed by atoms with Gasteiger partial charge in [-0.1, -0.05) is 52.0 Å². The molecule has 84 valence electrons. The Morgan fingerprint density at radius 3 is 2.27 bits per heavy atom. The minimum Gasteiger partial charge on any atom is -0.0995 e.